The number of hydrogen-bond donors (Lipinski definition) is 2. The van der Waals surface area contributed by atoms with E-state index in [1.54, 1.807) is 23.1 Å². The van der Waals surface area contributed by atoms with Gasteiger partial charge in [0.25, 0.3) is 18.3 Å². The average Bonchev–Trinajstić information content (AvgIpc) is 3.21. The van der Waals surface area contributed by atoms with Gasteiger partial charge in [0, 0.05) is 24.2 Å². The normalized spacial score (nSPS) is 17.0. The summed E-state index contributed by atoms with van der Waals surface area (Å²) >= 11 is 15.7. The Morgan fingerprint density at radius 2 is 1.92 bits per heavy atom. The van der Waals surface area contributed by atoms with E-state index in [1.165, 1.54) is 6.07 Å². The zero-order valence-corrected chi connectivity index (χ0v) is 27.5. The minimum absolute atomic E-state index is 0.0234. The second kappa shape index (κ2) is 12.1. The second-order valence-corrected chi connectivity index (χ2v) is 18.8. The average molecular weight is 664 g/mol. The topological polar surface area (TPSA) is 97.1 Å². The highest BCUT2D eigenvalue weighted by atomic mass is 79.9. The number of rotatable bonds is 9. The number of hydrogen-bond acceptors (Lipinski definition) is 6. The molecule has 13 heteroatoms. The highest BCUT2D eigenvalue weighted by Crippen LogP contribution is 2.47. The van der Waals surface area contributed by atoms with E-state index < -0.39 is 18.3 Å². The molecule has 2 aromatic carbocycles. The standard InChI is InChI=1S/C25H36BrClN4O4S2Si/c1-25(2,3)38(5,6)35-22-21(31(24(28)36)20-12-8-7-11-18(20)26)14-13-19(27)23(22)37(32,33)29-30-15-9-10-17(30)16-34-4/h7-8,11-14,17,29H,9-10,15-16H2,1-6H3,(H2,28,36)/t17-/m0/s1. The van der Waals surface area contributed by atoms with Gasteiger partial charge in [-0.05, 0) is 83.4 Å². The van der Waals surface area contributed by atoms with E-state index in [9.17, 15) is 8.42 Å². The summed E-state index contributed by atoms with van der Waals surface area (Å²) in [5.41, 5.74) is 7.26. The minimum Gasteiger partial charge on any atom is -0.541 e. The number of anilines is 2. The minimum atomic E-state index is -4.18. The van der Waals surface area contributed by atoms with Crippen LogP contribution in [0.25, 0.3) is 0 Å². The third-order valence-corrected chi connectivity index (χ3v) is 14.0. The van der Waals surface area contributed by atoms with Crippen LogP contribution in [0.4, 0.5) is 11.4 Å². The van der Waals surface area contributed by atoms with Gasteiger partial charge in [-0.15, -0.1) is 4.83 Å². The number of halogens is 2. The molecule has 38 heavy (non-hydrogen) atoms. The van der Waals surface area contributed by atoms with E-state index in [0.29, 0.717) is 24.5 Å². The summed E-state index contributed by atoms with van der Waals surface area (Å²) in [5.74, 6) is 0.114. The predicted molar refractivity (Wildman–Crippen MR) is 164 cm³/mol. The van der Waals surface area contributed by atoms with Gasteiger partial charge in [-0.2, -0.15) is 0 Å². The molecule has 8 nitrogen and oxygen atoms in total. The molecule has 1 fully saturated rings. The lowest BCUT2D eigenvalue weighted by molar-refractivity contribution is 0.104. The van der Waals surface area contributed by atoms with E-state index in [-0.39, 0.29) is 31.9 Å². The fourth-order valence-corrected chi connectivity index (χ4v) is 7.55. The zero-order chi connectivity index (χ0) is 28.5. The number of para-hydroxylation sites is 1. The molecule has 2 aromatic rings. The van der Waals surface area contributed by atoms with Crippen molar-refractivity contribution in [3.05, 3.63) is 45.9 Å². The summed E-state index contributed by atoms with van der Waals surface area (Å²) < 4.78 is 40.8. The third-order valence-electron chi connectivity index (χ3n) is 7.00. The van der Waals surface area contributed by atoms with Crippen molar-refractivity contribution in [1.82, 2.24) is 9.84 Å². The van der Waals surface area contributed by atoms with Crippen molar-refractivity contribution in [1.29, 1.82) is 0 Å². The monoisotopic (exact) mass is 662 g/mol. The van der Waals surface area contributed by atoms with Crippen molar-refractivity contribution in [3.63, 3.8) is 0 Å². The summed E-state index contributed by atoms with van der Waals surface area (Å²) in [5, 5.41) is 1.51. The van der Waals surface area contributed by atoms with Gasteiger partial charge in [0.15, 0.2) is 5.11 Å². The number of hydrazine groups is 1. The van der Waals surface area contributed by atoms with Crippen LogP contribution < -0.4 is 19.9 Å². The quantitative estimate of drug-likeness (QED) is 0.243. The van der Waals surface area contributed by atoms with Crippen molar-refractivity contribution in [2.75, 3.05) is 25.2 Å². The summed E-state index contributed by atoms with van der Waals surface area (Å²) in [6.07, 6.45) is 1.66. The highest BCUT2D eigenvalue weighted by Gasteiger charge is 2.42. The Morgan fingerprint density at radius 3 is 2.50 bits per heavy atom. The molecule has 0 radical (unpaired) electrons. The Hall–Kier alpha value is -1.25. The van der Waals surface area contributed by atoms with Gasteiger partial charge in [0.2, 0.25) is 0 Å². The first-order chi connectivity index (χ1) is 17.6. The number of methoxy groups -OCH3 is 1. The molecular formula is C25H36BrClN4O4S2Si. The lowest BCUT2D eigenvalue weighted by Gasteiger charge is -2.39. The predicted octanol–water partition coefficient (Wildman–Crippen LogP) is 6.17. The van der Waals surface area contributed by atoms with Gasteiger partial charge in [-0.25, -0.2) is 13.4 Å². The number of sulfonamides is 1. The fraction of sp³-hybridized carbons (Fsp3) is 0.480. The Kier molecular flexibility index (Phi) is 9.95. The lowest BCUT2D eigenvalue weighted by atomic mass is 10.2. The number of thiocarbonyl (C=S) groups is 1. The molecule has 1 atom stereocenters. The third kappa shape index (κ3) is 6.72. The van der Waals surface area contributed by atoms with E-state index in [0.717, 1.165) is 17.3 Å². The van der Waals surface area contributed by atoms with Gasteiger partial charge in [0.05, 0.1) is 23.0 Å². The van der Waals surface area contributed by atoms with E-state index >= 15 is 0 Å². The number of nitrogens with zero attached hydrogens (tertiary/aromatic N) is 2. The van der Waals surface area contributed by atoms with Gasteiger partial charge in [-0.3, -0.25) is 4.90 Å². The van der Waals surface area contributed by atoms with Crippen LogP contribution in [0.5, 0.6) is 5.75 Å². The molecular weight excluding hydrogens is 628 g/mol. The van der Waals surface area contributed by atoms with Crippen LogP contribution >= 0.6 is 39.7 Å². The van der Waals surface area contributed by atoms with Gasteiger partial charge in [-0.1, -0.05) is 44.5 Å². The molecule has 210 valence electrons. The summed E-state index contributed by atoms with van der Waals surface area (Å²) in [6, 6.07) is 10.5. The largest absolute Gasteiger partial charge is 0.541 e. The molecule has 1 saturated heterocycles. The molecule has 0 unspecified atom stereocenters. The molecule has 0 saturated carbocycles. The van der Waals surface area contributed by atoms with Crippen molar-refractivity contribution < 1.29 is 17.6 Å². The summed E-state index contributed by atoms with van der Waals surface area (Å²) in [4.78, 5) is 4.19. The van der Waals surface area contributed by atoms with Crippen LogP contribution in [0.1, 0.15) is 33.6 Å². The fourth-order valence-electron chi connectivity index (χ4n) is 3.98. The smallest absolute Gasteiger partial charge is 0.258 e. The molecule has 1 heterocycles. The van der Waals surface area contributed by atoms with Crippen LogP contribution in [-0.2, 0) is 14.8 Å². The summed E-state index contributed by atoms with van der Waals surface area (Å²) in [6.45, 7) is 11.3. The number of ether oxygens (including phenoxy) is 1. The van der Waals surface area contributed by atoms with Crippen molar-refractivity contribution in [3.8, 4) is 5.75 Å². The maximum atomic E-state index is 14.0. The second-order valence-electron chi connectivity index (χ2n) is 10.8. The Bertz CT molecular complexity index is 1290. The number of nitrogens with two attached hydrogens (primary N) is 1. The summed E-state index contributed by atoms with van der Waals surface area (Å²) in [7, 11) is -5.17. The molecule has 1 aliphatic heterocycles. The zero-order valence-electron chi connectivity index (χ0n) is 22.5. The Labute approximate surface area is 246 Å². The molecule has 3 N–H and O–H groups in total. The van der Waals surface area contributed by atoms with Gasteiger partial charge >= 0.3 is 0 Å². The van der Waals surface area contributed by atoms with Crippen molar-refractivity contribution >= 4 is 74.6 Å². The van der Waals surface area contributed by atoms with Crippen LogP contribution in [0.2, 0.25) is 23.2 Å². The van der Waals surface area contributed by atoms with Crippen LogP contribution in [0, 0.1) is 0 Å². The van der Waals surface area contributed by atoms with E-state index in [1.807, 2.05) is 37.4 Å². The Morgan fingerprint density at radius 1 is 1.26 bits per heavy atom. The van der Waals surface area contributed by atoms with Crippen molar-refractivity contribution in [2.24, 2.45) is 5.73 Å². The maximum Gasteiger partial charge on any atom is 0.258 e. The first-order valence-corrected chi connectivity index (χ1v) is 18.2. The molecule has 1 aliphatic rings. The highest BCUT2D eigenvalue weighted by molar-refractivity contribution is 9.10. The molecule has 0 amide bonds. The van der Waals surface area contributed by atoms with Crippen molar-refractivity contribution in [2.45, 2.75) is 62.7 Å². The Balaban J connectivity index is 2.27. The number of benzene rings is 2. The molecule has 0 spiro atoms. The first-order valence-electron chi connectivity index (χ1n) is 12.2. The van der Waals surface area contributed by atoms with Crippen LogP contribution in [-0.4, -0.2) is 53.2 Å². The van der Waals surface area contributed by atoms with E-state index in [2.05, 4.69) is 41.5 Å². The number of nitrogens with one attached hydrogen (secondary N) is 1. The van der Waals surface area contributed by atoms with Gasteiger partial charge in [0.1, 0.15) is 10.6 Å². The molecule has 0 aliphatic carbocycles. The van der Waals surface area contributed by atoms with Crippen LogP contribution in [0.3, 0.4) is 0 Å². The van der Waals surface area contributed by atoms with Crippen LogP contribution in [0.15, 0.2) is 45.8 Å². The molecule has 3 rings (SSSR count). The molecule has 0 bridgehead atoms. The maximum absolute atomic E-state index is 14.0. The lowest BCUT2D eigenvalue weighted by Crippen LogP contribution is -2.47. The first kappa shape index (κ1) is 31.3. The van der Waals surface area contributed by atoms with Gasteiger partial charge < -0.3 is 14.9 Å². The molecule has 0 aromatic heterocycles. The van der Waals surface area contributed by atoms with E-state index in [4.69, 9.17) is 38.7 Å². The SMILES string of the molecule is COC[C@@H]1CCCN1NS(=O)(=O)c1c(Cl)ccc(N(C(N)=S)c2ccccc2Br)c1O[Si](C)(C)C(C)(C)C.